The van der Waals surface area contributed by atoms with E-state index in [-0.39, 0.29) is 29.4 Å². The van der Waals surface area contributed by atoms with E-state index < -0.39 is 0 Å². The number of ether oxygens (including phenoxy) is 2. The third kappa shape index (κ3) is 2.92. The summed E-state index contributed by atoms with van der Waals surface area (Å²) in [5, 5.41) is 0. The fraction of sp³-hybridized carbons (Fsp3) is 0.579. The van der Waals surface area contributed by atoms with Gasteiger partial charge in [-0.2, -0.15) is 0 Å². The van der Waals surface area contributed by atoms with Crippen LogP contribution in [0.3, 0.4) is 0 Å². The van der Waals surface area contributed by atoms with Crippen molar-refractivity contribution in [3.05, 3.63) is 23.8 Å². The molecule has 140 valence electrons. The highest BCUT2D eigenvalue weighted by Gasteiger charge is 2.47. The molecule has 0 N–H and O–H groups in total. The van der Waals surface area contributed by atoms with Crippen LogP contribution in [-0.2, 0) is 4.79 Å². The van der Waals surface area contributed by atoms with Crippen molar-refractivity contribution in [2.75, 3.05) is 32.2 Å². The van der Waals surface area contributed by atoms with Crippen LogP contribution >= 0.6 is 11.8 Å². The highest BCUT2D eigenvalue weighted by molar-refractivity contribution is 8.00. The van der Waals surface area contributed by atoms with Crippen molar-refractivity contribution in [1.82, 2.24) is 9.80 Å². The van der Waals surface area contributed by atoms with Gasteiger partial charge in [0.2, 0.25) is 12.7 Å². The van der Waals surface area contributed by atoms with Crippen LogP contribution in [0.5, 0.6) is 11.5 Å². The molecule has 1 aromatic rings. The van der Waals surface area contributed by atoms with Crippen LogP contribution in [0.2, 0.25) is 0 Å². The van der Waals surface area contributed by atoms with Crippen LogP contribution in [0.1, 0.15) is 37.0 Å². The Kier molecular flexibility index (Phi) is 4.50. The Labute approximate surface area is 157 Å². The fourth-order valence-electron chi connectivity index (χ4n) is 3.92. The molecule has 6 nitrogen and oxygen atoms in total. The summed E-state index contributed by atoms with van der Waals surface area (Å²) in [6.45, 7) is 6.27. The number of fused-ring (bicyclic) bond motifs is 1. The number of rotatable bonds is 2. The number of carbonyl (C=O) groups excluding carboxylic acids is 2. The van der Waals surface area contributed by atoms with Gasteiger partial charge in [-0.05, 0) is 31.0 Å². The number of piperidine rings is 1. The monoisotopic (exact) mass is 376 g/mol. The zero-order valence-electron chi connectivity index (χ0n) is 15.2. The second-order valence-corrected chi connectivity index (χ2v) is 8.76. The molecule has 2 amide bonds. The van der Waals surface area contributed by atoms with E-state index >= 15 is 0 Å². The van der Waals surface area contributed by atoms with Gasteiger partial charge in [-0.25, -0.2) is 0 Å². The van der Waals surface area contributed by atoms with Gasteiger partial charge in [-0.1, -0.05) is 13.8 Å². The van der Waals surface area contributed by atoms with Crippen LogP contribution < -0.4 is 9.47 Å². The zero-order chi connectivity index (χ0) is 18.3. The molecule has 26 heavy (non-hydrogen) atoms. The zero-order valence-corrected chi connectivity index (χ0v) is 16.0. The Balaban J connectivity index is 1.45. The summed E-state index contributed by atoms with van der Waals surface area (Å²) in [4.78, 5) is 29.3. The van der Waals surface area contributed by atoms with Crippen molar-refractivity contribution in [3.63, 3.8) is 0 Å². The molecule has 3 aliphatic rings. The summed E-state index contributed by atoms with van der Waals surface area (Å²) in [5.41, 5.74) is 0.624. The number of benzene rings is 1. The number of carbonyl (C=O) groups is 2. The molecule has 0 atom stereocenters. The molecule has 4 rings (SSSR count). The van der Waals surface area contributed by atoms with Crippen LogP contribution in [0.15, 0.2) is 18.2 Å². The minimum absolute atomic E-state index is 0.0128. The van der Waals surface area contributed by atoms with E-state index in [9.17, 15) is 9.59 Å². The van der Waals surface area contributed by atoms with Gasteiger partial charge in [0.05, 0.1) is 4.87 Å². The molecule has 0 saturated carbocycles. The Morgan fingerprint density at radius 2 is 1.85 bits per heavy atom. The van der Waals surface area contributed by atoms with Crippen molar-refractivity contribution in [2.45, 2.75) is 31.6 Å². The van der Waals surface area contributed by atoms with Crippen molar-refractivity contribution in [3.8, 4) is 11.5 Å². The van der Waals surface area contributed by atoms with Crippen LogP contribution in [0, 0.1) is 5.92 Å². The number of hydrogen-bond donors (Lipinski definition) is 0. The molecule has 3 heterocycles. The predicted octanol–water partition coefficient (Wildman–Crippen LogP) is 2.58. The lowest BCUT2D eigenvalue weighted by molar-refractivity contribution is -0.137. The van der Waals surface area contributed by atoms with Crippen LogP contribution in [-0.4, -0.2) is 58.7 Å². The Morgan fingerprint density at radius 3 is 2.58 bits per heavy atom. The van der Waals surface area contributed by atoms with Gasteiger partial charge < -0.3 is 19.3 Å². The lowest BCUT2D eigenvalue weighted by atomic mass is 9.99. The summed E-state index contributed by atoms with van der Waals surface area (Å²) < 4.78 is 10.7. The second-order valence-electron chi connectivity index (χ2n) is 7.30. The SMILES string of the molecule is CC(C)C(=O)N1CCSC12CCN(C(=O)c1ccc3c(c1)OCO3)CC2. The number of likely N-dealkylation sites (tertiary alicyclic amines) is 1. The molecular weight excluding hydrogens is 352 g/mol. The van der Waals surface area contributed by atoms with E-state index in [4.69, 9.17) is 9.47 Å². The highest BCUT2D eigenvalue weighted by Crippen LogP contribution is 2.44. The minimum atomic E-state index is -0.132. The number of nitrogens with zero attached hydrogens (tertiary/aromatic N) is 2. The minimum Gasteiger partial charge on any atom is -0.454 e. The molecule has 0 bridgehead atoms. The van der Waals surface area contributed by atoms with E-state index in [2.05, 4.69) is 4.90 Å². The number of amides is 2. The van der Waals surface area contributed by atoms with Gasteiger partial charge in [0, 0.05) is 36.9 Å². The van der Waals surface area contributed by atoms with Crippen molar-refractivity contribution in [2.24, 2.45) is 5.92 Å². The first-order valence-corrected chi connectivity index (χ1v) is 10.1. The largest absolute Gasteiger partial charge is 0.454 e. The molecule has 0 aliphatic carbocycles. The smallest absolute Gasteiger partial charge is 0.253 e. The Bertz CT molecular complexity index is 728. The number of thioether (sulfide) groups is 1. The summed E-state index contributed by atoms with van der Waals surface area (Å²) in [7, 11) is 0. The maximum absolute atomic E-state index is 12.9. The Hall–Kier alpha value is -1.89. The van der Waals surface area contributed by atoms with E-state index in [0.717, 1.165) is 25.1 Å². The molecular formula is C19H24N2O4S. The molecule has 3 aliphatic heterocycles. The first-order valence-electron chi connectivity index (χ1n) is 9.14. The molecule has 2 saturated heterocycles. The van der Waals surface area contributed by atoms with Crippen molar-refractivity contribution in [1.29, 1.82) is 0 Å². The van der Waals surface area contributed by atoms with Crippen molar-refractivity contribution < 1.29 is 19.1 Å². The molecule has 7 heteroatoms. The van der Waals surface area contributed by atoms with Gasteiger partial charge in [0.25, 0.3) is 5.91 Å². The van der Waals surface area contributed by atoms with E-state index in [0.29, 0.717) is 30.2 Å². The first kappa shape index (κ1) is 17.5. The molecule has 0 radical (unpaired) electrons. The number of hydrogen-bond acceptors (Lipinski definition) is 5. The van der Waals surface area contributed by atoms with Gasteiger partial charge in [-0.3, -0.25) is 9.59 Å². The van der Waals surface area contributed by atoms with Crippen LogP contribution in [0.25, 0.3) is 0 Å². The average molecular weight is 376 g/mol. The summed E-state index contributed by atoms with van der Waals surface area (Å²) in [6.07, 6.45) is 1.65. The summed E-state index contributed by atoms with van der Waals surface area (Å²) >= 11 is 1.88. The molecule has 2 fully saturated rings. The first-order chi connectivity index (χ1) is 12.5. The summed E-state index contributed by atoms with van der Waals surface area (Å²) in [5.74, 6) is 2.55. The maximum Gasteiger partial charge on any atom is 0.253 e. The van der Waals surface area contributed by atoms with E-state index in [1.165, 1.54) is 0 Å². The molecule has 0 aromatic heterocycles. The standard InChI is InChI=1S/C19H24N2O4S/c1-13(2)17(22)21-9-10-26-19(21)5-7-20(8-6-19)18(23)14-3-4-15-16(11-14)25-12-24-15/h3-4,11,13H,5-10,12H2,1-2H3. The van der Waals surface area contributed by atoms with Gasteiger partial charge in [0.1, 0.15) is 0 Å². The predicted molar refractivity (Wildman–Crippen MR) is 99.4 cm³/mol. The second kappa shape index (κ2) is 6.68. The fourth-order valence-corrected chi connectivity index (χ4v) is 5.38. The van der Waals surface area contributed by atoms with Gasteiger partial charge in [-0.15, -0.1) is 11.8 Å². The maximum atomic E-state index is 12.9. The highest BCUT2D eigenvalue weighted by atomic mass is 32.2. The third-order valence-corrected chi connectivity index (χ3v) is 6.94. The van der Waals surface area contributed by atoms with Gasteiger partial charge in [0.15, 0.2) is 11.5 Å². The lowest BCUT2D eigenvalue weighted by Gasteiger charge is -2.44. The third-order valence-electron chi connectivity index (χ3n) is 5.39. The topological polar surface area (TPSA) is 59.1 Å². The average Bonchev–Trinajstić information content (AvgIpc) is 3.27. The molecule has 0 unspecified atom stereocenters. The quantitative estimate of drug-likeness (QED) is 0.794. The van der Waals surface area contributed by atoms with Crippen LogP contribution in [0.4, 0.5) is 0 Å². The summed E-state index contributed by atoms with van der Waals surface area (Å²) in [6, 6.07) is 5.34. The van der Waals surface area contributed by atoms with E-state index in [1.807, 2.05) is 30.5 Å². The lowest BCUT2D eigenvalue weighted by Crippen LogP contribution is -2.54. The van der Waals surface area contributed by atoms with Gasteiger partial charge >= 0.3 is 0 Å². The molecule has 1 spiro atoms. The normalized spacial score (nSPS) is 20.9. The Morgan fingerprint density at radius 1 is 1.12 bits per heavy atom. The van der Waals surface area contributed by atoms with Crippen molar-refractivity contribution >= 4 is 23.6 Å². The van der Waals surface area contributed by atoms with E-state index in [1.54, 1.807) is 18.2 Å². The molecule has 1 aromatic carbocycles.